The number of carbonyl (C=O) groups excluding carboxylic acids is 1. The number of aromatic nitrogens is 2. The van der Waals surface area contributed by atoms with Gasteiger partial charge in [0, 0.05) is 26.7 Å². The van der Waals surface area contributed by atoms with Gasteiger partial charge in [-0.05, 0) is 41.4 Å². The van der Waals surface area contributed by atoms with Gasteiger partial charge < -0.3 is 4.98 Å². The minimum Gasteiger partial charge on any atom is -0.301 e. The molecule has 4 nitrogen and oxygen atoms in total. The van der Waals surface area contributed by atoms with E-state index in [4.69, 9.17) is 0 Å². The number of ketones is 1. The van der Waals surface area contributed by atoms with Crippen molar-refractivity contribution in [3.05, 3.63) is 50.3 Å². The zero-order valence-corrected chi connectivity index (χ0v) is 14.2. The number of benzene rings is 1. The van der Waals surface area contributed by atoms with E-state index in [1.54, 1.807) is 12.1 Å². The molecule has 0 aliphatic heterocycles. The molecule has 21 heavy (non-hydrogen) atoms. The van der Waals surface area contributed by atoms with Gasteiger partial charge in [0.1, 0.15) is 0 Å². The van der Waals surface area contributed by atoms with E-state index in [2.05, 4.69) is 25.9 Å². The van der Waals surface area contributed by atoms with Crippen LogP contribution in [0.25, 0.3) is 0 Å². The number of carbonyl (C=O) groups is 1. The van der Waals surface area contributed by atoms with Gasteiger partial charge in [0.05, 0.1) is 0 Å². The Kier molecular flexibility index (Phi) is 5.36. The topological polar surface area (TPSA) is 62.8 Å². The lowest BCUT2D eigenvalue weighted by Crippen LogP contribution is -2.09. The highest BCUT2D eigenvalue weighted by Crippen LogP contribution is 2.32. The van der Waals surface area contributed by atoms with Crippen molar-refractivity contribution in [1.82, 2.24) is 9.97 Å². The molecule has 0 amide bonds. The summed E-state index contributed by atoms with van der Waals surface area (Å²) in [5.74, 6) is 0.0173. The second-order valence-electron chi connectivity index (χ2n) is 4.60. The lowest BCUT2D eigenvalue weighted by Gasteiger charge is -2.06. The summed E-state index contributed by atoms with van der Waals surface area (Å²) in [5.41, 5.74) is 1.29. The Hall–Kier alpha value is -1.40. The molecule has 0 radical (unpaired) electrons. The number of H-pyrrole nitrogens is 1. The first-order valence-corrected chi connectivity index (χ1v) is 8.19. The molecule has 0 atom stereocenters. The number of nitrogens with zero attached hydrogens (tertiary/aromatic N) is 1. The van der Waals surface area contributed by atoms with Gasteiger partial charge in [-0.25, -0.2) is 4.98 Å². The van der Waals surface area contributed by atoms with Crippen LogP contribution in [-0.4, -0.2) is 15.8 Å². The van der Waals surface area contributed by atoms with Crippen molar-refractivity contribution in [2.45, 2.75) is 36.7 Å². The van der Waals surface area contributed by atoms with Crippen molar-refractivity contribution in [2.75, 3.05) is 0 Å². The molecule has 2 aromatic rings. The third-order valence-electron chi connectivity index (χ3n) is 2.82. The number of aryl methyl sites for hydroxylation is 1. The second kappa shape index (κ2) is 7.04. The van der Waals surface area contributed by atoms with Crippen LogP contribution >= 0.6 is 27.7 Å². The minimum atomic E-state index is -0.146. The van der Waals surface area contributed by atoms with Gasteiger partial charge in [0.25, 0.3) is 5.56 Å². The summed E-state index contributed by atoms with van der Waals surface area (Å²) >= 11 is 4.81. The fourth-order valence-electron chi connectivity index (χ4n) is 1.82. The highest BCUT2D eigenvalue weighted by Gasteiger charge is 2.09. The van der Waals surface area contributed by atoms with Crippen LogP contribution in [0, 0.1) is 0 Å². The van der Waals surface area contributed by atoms with Crippen LogP contribution in [0.3, 0.4) is 0 Å². The van der Waals surface area contributed by atoms with Crippen LogP contribution in [0.1, 0.15) is 36.3 Å². The van der Waals surface area contributed by atoms with E-state index in [-0.39, 0.29) is 11.3 Å². The molecule has 0 aliphatic carbocycles. The molecule has 0 spiro atoms. The van der Waals surface area contributed by atoms with Crippen LogP contribution in [0.15, 0.2) is 43.6 Å². The number of aromatic amines is 1. The Bertz CT molecular complexity index is 728. The first kappa shape index (κ1) is 16.0. The SMILES string of the molecule is CCCc1cc(=O)[nH]c(Sc2ccc(C(C)=O)cc2Br)n1. The van der Waals surface area contributed by atoms with Gasteiger partial charge in [-0.1, -0.05) is 31.2 Å². The molecule has 1 aromatic carbocycles. The number of halogens is 1. The summed E-state index contributed by atoms with van der Waals surface area (Å²) in [6.07, 6.45) is 1.72. The van der Waals surface area contributed by atoms with Crippen molar-refractivity contribution in [3.63, 3.8) is 0 Å². The molecular formula is C15H15BrN2O2S. The zero-order chi connectivity index (χ0) is 15.4. The van der Waals surface area contributed by atoms with Crippen LogP contribution in [0.2, 0.25) is 0 Å². The molecule has 1 aromatic heterocycles. The first-order chi connectivity index (χ1) is 9.99. The summed E-state index contributed by atoms with van der Waals surface area (Å²) in [6, 6.07) is 6.92. The molecule has 0 saturated heterocycles. The van der Waals surface area contributed by atoms with Crippen molar-refractivity contribution < 1.29 is 4.79 Å². The van der Waals surface area contributed by atoms with E-state index in [0.29, 0.717) is 10.7 Å². The standard InChI is InChI=1S/C15H15BrN2O2S/c1-3-4-11-8-14(20)18-15(17-11)21-13-6-5-10(9(2)19)7-12(13)16/h5-8H,3-4H2,1-2H3,(H,17,18,20). The van der Waals surface area contributed by atoms with E-state index in [0.717, 1.165) is 27.9 Å². The van der Waals surface area contributed by atoms with Crippen LogP contribution < -0.4 is 5.56 Å². The third-order valence-corrected chi connectivity index (χ3v) is 4.71. The number of hydrogen-bond acceptors (Lipinski definition) is 4. The Morgan fingerprint density at radius 3 is 2.76 bits per heavy atom. The maximum atomic E-state index is 11.6. The molecule has 1 N–H and O–H groups in total. The highest BCUT2D eigenvalue weighted by molar-refractivity contribution is 9.10. The number of Topliss-reactive ketones (excluding diaryl/α,β-unsaturated/α-hetero) is 1. The average molecular weight is 367 g/mol. The van der Waals surface area contributed by atoms with Gasteiger partial charge in [-0.15, -0.1) is 0 Å². The number of rotatable bonds is 5. The smallest absolute Gasteiger partial charge is 0.251 e. The van der Waals surface area contributed by atoms with Gasteiger partial charge in [0.2, 0.25) is 0 Å². The fraction of sp³-hybridized carbons (Fsp3) is 0.267. The molecule has 110 valence electrons. The Morgan fingerprint density at radius 2 is 2.14 bits per heavy atom. The quantitative estimate of drug-likeness (QED) is 0.644. The molecule has 0 unspecified atom stereocenters. The molecule has 1 heterocycles. The van der Waals surface area contributed by atoms with Crippen molar-refractivity contribution in [1.29, 1.82) is 0 Å². The monoisotopic (exact) mass is 366 g/mol. The fourth-order valence-corrected chi connectivity index (χ4v) is 3.26. The van der Waals surface area contributed by atoms with Gasteiger partial charge in [0.15, 0.2) is 10.9 Å². The van der Waals surface area contributed by atoms with E-state index in [1.165, 1.54) is 24.8 Å². The molecule has 0 fully saturated rings. The summed E-state index contributed by atoms with van der Waals surface area (Å²) in [7, 11) is 0. The Balaban J connectivity index is 2.29. The summed E-state index contributed by atoms with van der Waals surface area (Å²) in [6.45, 7) is 3.58. The van der Waals surface area contributed by atoms with Crippen molar-refractivity contribution in [3.8, 4) is 0 Å². The maximum absolute atomic E-state index is 11.6. The second-order valence-corrected chi connectivity index (χ2v) is 6.48. The molecule has 2 rings (SSSR count). The molecule has 6 heteroatoms. The number of nitrogens with one attached hydrogen (secondary N) is 1. The van der Waals surface area contributed by atoms with Crippen LogP contribution in [-0.2, 0) is 6.42 Å². The Labute approximate surface area is 135 Å². The minimum absolute atomic E-state index is 0.0173. The lowest BCUT2D eigenvalue weighted by molar-refractivity contribution is 0.101. The lowest BCUT2D eigenvalue weighted by atomic mass is 10.2. The highest BCUT2D eigenvalue weighted by atomic mass is 79.9. The third kappa shape index (κ3) is 4.28. The predicted molar refractivity (Wildman–Crippen MR) is 87.1 cm³/mol. The summed E-state index contributed by atoms with van der Waals surface area (Å²) in [5, 5.41) is 0.558. The van der Waals surface area contributed by atoms with Crippen molar-refractivity contribution in [2.24, 2.45) is 0 Å². The van der Waals surface area contributed by atoms with E-state index in [9.17, 15) is 9.59 Å². The number of hydrogen-bond donors (Lipinski definition) is 1. The largest absolute Gasteiger partial charge is 0.301 e. The summed E-state index contributed by atoms with van der Waals surface area (Å²) in [4.78, 5) is 31.0. The molecular weight excluding hydrogens is 352 g/mol. The van der Waals surface area contributed by atoms with Gasteiger partial charge in [-0.3, -0.25) is 9.59 Å². The molecule has 0 saturated carbocycles. The normalized spacial score (nSPS) is 10.6. The maximum Gasteiger partial charge on any atom is 0.251 e. The van der Waals surface area contributed by atoms with Gasteiger partial charge in [-0.2, -0.15) is 0 Å². The van der Waals surface area contributed by atoms with Crippen LogP contribution in [0.5, 0.6) is 0 Å². The molecule has 0 aliphatic rings. The van der Waals surface area contributed by atoms with Gasteiger partial charge >= 0.3 is 0 Å². The van der Waals surface area contributed by atoms with Crippen molar-refractivity contribution >= 4 is 33.5 Å². The average Bonchev–Trinajstić information content (AvgIpc) is 2.40. The Morgan fingerprint density at radius 1 is 1.38 bits per heavy atom. The summed E-state index contributed by atoms with van der Waals surface area (Å²) < 4.78 is 0.809. The first-order valence-electron chi connectivity index (χ1n) is 6.58. The predicted octanol–water partition coefficient (Wildman–Crippen LogP) is 3.84. The molecule has 0 bridgehead atoms. The zero-order valence-electron chi connectivity index (χ0n) is 11.8. The van der Waals surface area contributed by atoms with E-state index >= 15 is 0 Å². The van der Waals surface area contributed by atoms with E-state index in [1.807, 2.05) is 13.0 Å². The van der Waals surface area contributed by atoms with E-state index < -0.39 is 0 Å². The van der Waals surface area contributed by atoms with Crippen LogP contribution in [0.4, 0.5) is 0 Å².